The minimum Gasteiger partial charge on any atom is -0.299 e. The summed E-state index contributed by atoms with van der Waals surface area (Å²) in [6.45, 7) is 2.04. The number of hydrogen-bond acceptors (Lipinski definition) is 0. The molecule has 0 bridgehead atoms. The third-order valence-corrected chi connectivity index (χ3v) is 0.552. The van der Waals surface area contributed by atoms with Gasteiger partial charge in [0.15, 0.2) is 0 Å². The van der Waals surface area contributed by atoms with Gasteiger partial charge in [0.2, 0.25) is 0 Å². The van der Waals surface area contributed by atoms with Gasteiger partial charge < -0.3 is 0 Å². The van der Waals surface area contributed by atoms with Crippen LogP contribution in [-0.2, 0) is 5.11 Å². The zero-order valence-electron chi connectivity index (χ0n) is 3.98. The second-order valence-corrected chi connectivity index (χ2v) is 1.16. The first kappa shape index (κ1) is 5.54. The van der Waals surface area contributed by atoms with Crippen molar-refractivity contribution in [1.82, 2.24) is 0 Å². The van der Waals surface area contributed by atoms with Crippen LogP contribution >= 0.6 is 0 Å². The summed E-state index contributed by atoms with van der Waals surface area (Å²) >= 11 is 0. The summed E-state index contributed by atoms with van der Waals surface area (Å²) < 4.78 is 0. The fraction of sp³-hybridized carbons (Fsp3) is 0.600. The Bertz CT molecular complexity index is 39.2. The van der Waals surface area contributed by atoms with E-state index >= 15 is 0 Å². The zero-order chi connectivity index (χ0) is 4.83. The standard InChI is InChI=1S/C5H9O/c1-2-3-4-5-6/h4-5H,2-3H2,1H3/b5-4+. The normalized spacial score (nSPS) is 10.2. The van der Waals surface area contributed by atoms with E-state index in [1.165, 1.54) is 0 Å². The van der Waals surface area contributed by atoms with Crippen molar-refractivity contribution in [3.8, 4) is 0 Å². The minimum absolute atomic E-state index is 0.837. The molecule has 0 fully saturated rings. The van der Waals surface area contributed by atoms with Gasteiger partial charge in [0.25, 0.3) is 0 Å². The minimum atomic E-state index is 0.837. The van der Waals surface area contributed by atoms with Gasteiger partial charge in [-0.25, -0.2) is 0 Å². The van der Waals surface area contributed by atoms with Crippen LogP contribution in [0.2, 0.25) is 0 Å². The van der Waals surface area contributed by atoms with Crippen LogP contribution < -0.4 is 0 Å². The van der Waals surface area contributed by atoms with Gasteiger partial charge in [0.1, 0.15) is 6.26 Å². The smallest absolute Gasteiger partial charge is 0.138 e. The van der Waals surface area contributed by atoms with Crippen molar-refractivity contribution in [3.05, 3.63) is 12.3 Å². The van der Waals surface area contributed by atoms with Crippen LogP contribution in [0.5, 0.6) is 0 Å². The lowest BCUT2D eigenvalue weighted by molar-refractivity contribution is 0.349. The molecular formula is C5H9O. The first-order valence-corrected chi connectivity index (χ1v) is 2.18. The molecule has 0 aliphatic carbocycles. The molecule has 1 radical (unpaired) electrons. The number of rotatable bonds is 2. The van der Waals surface area contributed by atoms with E-state index in [0.29, 0.717) is 0 Å². The van der Waals surface area contributed by atoms with Crippen molar-refractivity contribution in [2.45, 2.75) is 19.8 Å². The van der Waals surface area contributed by atoms with Crippen LogP contribution in [0, 0.1) is 0 Å². The summed E-state index contributed by atoms with van der Waals surface area (Å²) in [5.74, 6) is 0. The Morgan fingerprint density at radius 3 is 2.50 bits per heavy atom. The van der Waals surface area contributed by atoms with Gasteiger partial charge in [-0.2, -0.15) is 0 Å². The highest BCUT2D eigenvalue weighted by molar-refractivity contribution is 4.68. The molecule has 0 aromatic rings. The molecule has 0 saturated carbocycles. The van der Waals surface area contributed by atoms with E-state index in [1.54, 1.807) is 6.08 Å². The van der Waals surface area contributed by atoms with Crippen molar-refractivity contribution in [3.63, 3.8) is 0 Å². The molecule has 1 nitrogen and oxygen atoms in total. The largest absolute Gasteiger partial charge is 0.299 e. The van der Waals surface area contributed by atoms with E-state index in [1.807, 2.05) is 6.92 Å². The Morgan fingerprint density at radius 1 is 1.67 bits per heavy atom. The van der Waals surface area contributed by atoms with Gasteiger partial charge in [-0.3, -0.25) is 5.11 Å². The lowest BCUT2D eigenvalue weighted by Gasteiger charge is -1.74. The van der Waals surface area contributed by atoms with E-state index in [9.17, 15) is 5.11 Å². The second-order valence-electron chi connectivity index (χ2n) is 1.16. The third-order valence-electron chi connectivity index (χ3n) is 0.552. The third kappa shape index (κ3) is 3.54. The van der Waals surface area contributed by atoms with Gasteiger partial charge in [-0.05, 0) is 12.5 Å². The SMILES string of the molecule is CCC/C=C/[O]. The topological polar surface area (TPSA) is 19.9 Å². The molecule has 0 aromatic heterocycles. The lowest BCUT2D eigenvalue weighted by atomic mass is 10.3. The maximum atomic E-state index is 9.51. The molecule has 0 rings (SSSR count). The molecule has 1 heteroatoms. The van der Waals surface area contributed by atoms with E-state index in [0.717, 1.165) is 19.1 Å². The summed E-state index contributed by atoms with van der Waals surface area (Å²) in [6.07, 6.45) is 4.45. The van der Waals surface area contributed by atoms with Crippen LogP contribution in [0.15, 0.2) is 12.3 Å². The molecule has 6 heavy (non-hydrogen) atoms. The highest BCUT2D eigenvalue weighted by Crippen LogP contribution is 1.84. The van der Waals surface area contributed by atoms with Gasteiger partial charge in [-0.1, -0.05) is 13.3 Å². The second kappa shape index (κ2) is 4.54. The molecule has 0 aliphatic rings. The Morgan fingerprint density at radius 2 is 2.33 bits per heavy atom. The summed E-state index contributed by atoms with van der Waals surface area (Å²) in [7, 11) is 0. The fourth-order valence-corrected chi connectivity index (χ4v) is 0.235. The van der Waals surface area contributed by atoms with E-state index in [-0.39, 0.29) is 0 Å². The van der Waals surface area contributed by atoms with Crippen molar-refractivity contribution < 1.29 is 5.11 Å². The molecule has 0 saturated heterocycles. The molecule has 0 aliphatic heterocycles. The van der Waals surface area contributed by atoms with Crippen LogP contribution in [0.1, 0.15) is 19.8 Å². The molecule has 0 amide bonds. The van der Waals surface area contributed by atoms with Gasteiger partial charge in [0.05, 0.1) is 0 Å². The number of allylic oxidation sites excluding steroid dienone is 1. The van der Waals surface area contributed by atoms with E-state index < -0.39 is 0 Å². The van der Waals surface area contributed by atoms with E-state index in [2.05, 4.69) is 0 Å². The van der Waals surface area contributed by atoms with Gasteiger partial charge in [-0.15, -0.1) is 0 Å². The van der Waals surface area contributed by atoms with Crippen LogP contribution in [0.3, 0.4) is 0 Å². The highest BCUT2D eigenvalue weighted by atomic mass is 16.2. The van der Waals surface area contributed by atoms with Crippen LogP contribution in [-0.4, -0.2) is 0 Å². The van der Waals surface area contributed by atoms with Crippen LogP contribution in [0.25, 0.3) is 0 Å². The predicted octanol–water partition coefficient (Wildman–Crippen LogP) is 1.73. The molecule has 0 spiro atoms. The molecule has 0 N–H and O–H groups in total. The van der Waals surface area contributed by atoms with Gasteiger partial charge in [0, 0.05) is 0 Å². The fourth-order valence-electron chi connectivity index (χ4n) is 0.235. The molecule has 0 heterocycles. The molecular weight excluding hydrogens is 76.1 g/mol. The molecule has 0 unspecified atom stereocenters. The van der Waals surface area contributed by atoms with Gasteiger partial charge >= 0.3 is 0 Å². The van der Waals surface area contributed by atoms with Crippen molar-refractivity contribution in [2.24, 2.45) is 0 Å². The zero-order valence-corrected chi connectivity index (χ0v) is 3.98. The Kier molecular flexibility index (Phi) is 4.19. The van der Waals surface area contributed by atoms with E-state index in [4.69, 9.17) is 0 Å². The maximum Gasteiger partial charge on any atom is 0.138 e. The first-order chi connectivity index (χ1) is 2.91. The lowest BCUT2D eigenvalue weighted by Crippen LogP contribution is -1.56. The van der Waals surface area contributed by atoms with Crippen molar-refractivity contribution in [2.75, 3.05) is 0 Å². The molecule has 35 valence electrons. The summed E-state index contributed by atoms with van der Waals surface area (Å²) in [6, 6.07) is 0. The first-order valence-electron chi connectivity index (χ1n) is 2.18. The van der Waals surface area contributed by atoms with Crippen molar-refractivity contribution in [1.29, 1.82) is 0 Å². The number of unbranched alkanes of at least 4 members (excludes halogenated alkanes) is 1. The Hall–Kier alpha value is -0.460. The Labute approximate surface area is 38.3 Å². The quantitative estimate of drug-likeness (QED) is 0.455. The Balaban J connectivity index is 2.66. The average Bonchev–Trinajstić information content (AvgIpc) is 1.61. The van der Waals surface area contributed by atoms with Crippen LogP contribution in [0.4, 0.5) is 0 Å². The maximum absolute atomic E-state index is 9.51. The summed E-state index contributed by atoms with van der Waals surface area (Å²) in [4.78, 5) is 0. The van der Waals surface area contributed by atoms with Crippen molar-refractivity contribution >= 4 is 0 Å². The highest BCUT2D eigenvalue weighted by Gasteiger charge is 1.67. The molecule has 0 aromatic carbocycles. The summed E-state index contributed by atoms with van der Waals surface area (Å²) in [5, 5.41) is 9.51. The molecule has 0 atom stereocenters. The number of hydrogen-bond donors (Lipinski definition) is 0. The average molecular weight is 85.1 g/mol. The monoisotopic (exact) mass is 85.1 g/mol. The summed E-state index contributed by atoms with van der Waals surface area (Å²) in [5.41, 5.74) is 0. The predicted molar refractivity (Wildman–Crippen MR) is 24.7 cm³/mol.